The van der Waals surface area contributed by atoms with Gasteiger partial charge in [0.25, 0.3) is 0 Å². The molecular weight excluding hydrogens is 160 g/mol. The standard InChI is InChI=1S/C12H16O/c1-4-9-13-12-7-5-11(6-8-12)10(2)3/h5-8H,2,4,9H2,1,3H3. The van der Waals surface area contributed by atoms with Gasteiger partial charge in [0.1, 0.15) is 5.75 Å². The Balaban J connectivity index is 2.64. The van der Waals surface area contributed by atoms with Gasteiger partial charge in [0.05, 0.1) is 6.61 Å². The zero-order valence-electron chi connectivity index (χ0n) is 8.34. The third kappa shape index (κ3) is 2.94. The van der Waals surface area contributed by atoms with Crippen LogP contribution >= 0.6 is 0 Å². The first-order chi connectivity index (χ1) is 6.24. The first-order valence-electron chi connectivity index (χ1n) is 4.62. The molecule has 0 heterocycles. The van der Waals surface area contributed by atoms with Gasteiger partial charge in [-0.1, -0.05) is 31.2 Å². The number of benzene rings is 1. The molecular formula is C12H16O. The van der Waals surface area contributed by atoms with Gasteiger partial charge < -0.3 is 4.74 Å². The van der Waals surface area contributed by atoms with Crippen molar-refractivity contribution in [3.8, 4) is 5.75 Å². The zero-order chi connectivity index (χ0) is 9.68. The van der Waals surface area contributed by atoms with Crippen LogP contribution in [0.5, 0.6) is 5.75 Å². The maximum Gasteiger partial charge on any atom is 0.119 e. The minimum absolute atomic E-state index is 0.784. The molecule has 0 aromatic heterocycles. The lowest BCUT2D eigenvalue weighted by Crippen LogP contribution is -1.94. The number of hydrogen-bond donors (Lipinski definition) is 0. The predicted octanol–water partition coefficient (Wildman–Crippen LogP) is 3.51. The van der Waals surface area contributed by atoms with E-state index in [9.17, 15) is 0 Å². The van der Waals surface area contributed by atoms with E-state index in [1.807, 2.05) is 31.2 Å². The fourth-order valence-electron chi connectivity index (χ4n) is 1.06. The average molecular weight is 176 g/mol. The molecule has 0 atom stereocenters. The molecule has 0 spiro atoms. The van der Waals surface area contributed by atoms with Gasteiger partial charge in [-0.05, 0) is 31.0 Å². The molecule has 0 N–H and O–H groups in total. The van der Waals surface area contributed by atoms with Gasteiger partial charge in [-0.2, -0.15) is 0 Å². The Labute approximate surface area is 80.0 Å². The molecule has 1 rings (SSSR count). The Morgan fingerprint density at radius 1 is 1.31 bits per heavy atom. The van der Waals surface area contributed by atoms with Crippen molar-refractivity contribution in [3.63, 3.8) is 0 Å². The van der Waals surface area contributed by atoms with Crippen LogP contribution < -0.4 is 4.74 Å². The molecule has 1 aromatic carbocycles. The van der Waals surface area contributed by atoms with Crippen LogP contribution in [0.1, 0.15) is 25.8 Å². The average Bonchev–Trinajstić information content (AvgIpc) is 2.15. The Hall–Kier alpha value is -1.24. The van der Waals surface area contributed by atoms with Crippen LogP contribution in [-0.2, 0) is 0 Å². The van der Waals surface area contributed by atoms with Gasteiger partial charge in [0, 0.05) is 0 Å². The van der Waals surface area contributed by atoms with Gasteiger partial charge >= 0.3 is 0 Å². The maximum absolute atomic E-state index is 5.46. The van der Waals surface area contributed by atoms with Crippen molar-refractivity contribution in [2.75, 3.05) is 6.61 Å². The van der Waals surface area contributed by atoms with Crippen LogP contribution in [0.4, 0.5) is 0 Å². The predicted molar refractivity (Wildman–Crippen MR) is 56.9 cm³/mol. The maximum atomic E-state index is 5.46. The summed E-state index contributed by atoms with van der Waals surface area (Å²) in [7, 11) is 0. The molecule has 1 nitrogen and oxygen atoms in total. The topological polar surface area (TPSA) is 9.23 Å². The van der Waals surface area contributed by atoms with E-state index in [0.717, 1.165) is 24.4 Å². The van der Waals surface area contributed by atoms with Crippen LogP contribution in [0, 0.1) is 0 Å². The third-order valence-corrected chi connectivity index (χ3v) is 1.82. The number of rotatable bonds is 4. The summed E-state index contributed by atoms with van der Waals surface area (Å²) in [6, 6.07) is 8.04. The van der Waals surface area contributed by atoms with E-state index in [1.54, 1.807) is 0 Å². The lowest BCUT2D eigenvalue weighted by atomic mass is 10.1. The monoisotopic (exact) mass is 176 g/mol. The largest absolute Gasteiger partial charge is 0.494 e. The van der Waals surface area contributed by atoms with Crippen molar-refractivity contribution in [3.05, 3.63) is 36.4 Å². The highest BCUT2D eigenvalue weighted by atomic mass is 16.5. The fourth-order valence-corrected chi connectivity index (χ4v) is 1.06. The Bertz CT molecular complexity index is 272. The molecule has 0 aliphatic heterocycles. The van der Waals surface area contributed by atoms with Gasteiger partial charge in [-0.25, -0.2) is 0 Å². The minimum Gasteiger partial charge on any atom is -0.494 e. The van der Waals surface area contributed by atoms with E-state index < -0.39 is 0 Å². The highest BCUT2D eigenvalue weighted by Gasteiger charge is 1.94. The lowest BCUT2D eigenvalue weighted by molar-refractivity contribution is 0.317. The van der Waals surface area contributed by atoms with E-state index in [4.69, 9.17) is 4.74 Å². The van der Waals surface area contributed by atoms with E-state index in [-0.39, 0.29) is 0 Å². The minimum atomic E-state index is 0.784. The first-order valence-corrected chi connectivity index (χ1v) is 4.62. The highest BCUT2D eigenvalue weighted by molar-refractivity contribution is 5.61. The lowest BCUT2D eigenvalue weighted by Gasteiger charge is -2.05. The second-order valence-electron chi connectivity index (χ2n) is 3.15. The van der Waals surface area contributed by atoms with Gasteiger partial charge in [0.15, 0.2) is 0 Å². The molecule has 0 saturated carbocycles. The molecule has 0 aliphatic rings. The number of ether oxygens (including phenoxy) is 1. The fraction of sp³-hybridized carbons (Fsp3) is 0.333. The quantitative estimate of drug-likeness (QED) is 0.682. The molecule has 1 aromatic rings. The highest BCUT2D eigenvalue weighted by Crippen LogP contribution is 2.16. The van der Waals surface area contributed by atoms with Crippen molar-refractivity contribution >= 4 is 5.57 Å². The van der Waals surface area contributed by atoms with Gasteiger partial charge in [-0.3, -0.25) is 0 Å². The van der Waals surface area contributed by atoms with E-state index >= 15 is 0 Å². The Morgan fingerprint density at radius 2 is 1.92 bits per heavy atom. The summed E-state index contributed by atoms with van der Waals surface area (Å²) < 4.78 is 5.46. The summed E-state index contributed by atoms with van der Waals surface area (Å²) in [5.41, 5.74) is 2.26. The van der Waals surface area contributed by atoms with Crippen LogP contribution in [0.2, 0.25) is 0 Å². The van der Waals surface area contributed by atoms with Gasteiger partial charge in [0.2, 0.25) is 0 Å². The molecule has 0 aliphatic carbocycles. The summed E-state index contributed by atoms with van der Waals surface area (Å²) in [6.45, 7) is 8.76. The SMILES string of the molecule is C=C(C)c1ccc(OCCC)cc1. The second-order valence-corrected chi connectivity index (χ2v) is 3.15. The second kappa shape index (κ2) is 4.70. The summed E-state index contributed by atoms with van der Waals surface area (Å²) in [5, 5.41) is 0. The summed E-state index contributed by atoms with van der Waals surface area (Å²) in [5.74, 6) is 0.937. The smallest absolute Gasteiger partial charge is 0.119 e. The molecule has 70 valence electrons. The van der Waals surface area contributed by atoms with Crippen LogP contribution in [-0.4, -0.2) is 6.61 Å². The van der Waals surface area contributed by atoms with Crippen LogP contribution in [0.3, 0.4) is 0 Å². The van der Waals surface area contributed by atoms with Crippen molar-refractivity contribution in [2.45, 2.75) is 20.3 Å². The molecule has 1 heteroatoms. The van der Waals surface area contributed by atoms with Crippen molar-refractivity contribution in [1.82, 2.24) is 0 Å². The van der Waals surface area contributed by atoms with E-state index in [1.165, 1.54) is 5.56 Å². The summed E-state index contributed by atoms with van der Waals surface area (Å²) >= 11 is 0. The molecule has 13 heavy (non-hydrogen) atoms. The molecule has 0 bridgehead atoms. The van der Waals surface area contributed by atoms with E-state index in [0.29, 0.717) is 0 Å². The normalized spacial score (nSPS) is 9.69. The molecule has 0 amide bonds. The third-order valence-electron chi connectivity index (χ3n) is 1.82. The molecule has 0 radical (unpaired) electrons. The zero-order valence-corrected chi connectivity index (χ0v) is 8.34. The van der Waals surface area contributed by atoms with Crippen molar-refractivity contribution < 1.29 is 4.74 Å². The van der Waals surface area contributed by atoms with Crippen molar-refractivity contribution in [1.29, 1.82) is 0 Å². The van der Waals surface area contributed by atoms with Crippen LogP contribution in [0.15, 0.2) is 30.8 Å². The number of hydrogen-bond acceptors (Lipinski definition) is 1. The molecule has 0 saturated heterocycles. The number of allylic oxidation sites excluding steroid dienone is 1. The van der Waals surface area contributed by atoms with Crippen LogP contribution in [0.25, 0.3) is 5.57 Å². The first kappa shape index (κ1) is 9.85. The summed E-state index contributed by atoms with van der Waals surface area (Å²) in [6.07, 6.45) is 1.04. The van der Waals surface area contributed by atoms with Crippen molar-refractivity contribution in [2.24, 2.45) is 0 Å². The summed E-state index contributed by atoms with van der Waals surface area (Å²) in [4.78, 5) is 0. The van der Waals surface area contributed by atoms with E-state index in [2.05, 4.69) is 13.5 Å². The molecule has 0 fully saturated rings. The Kier molecular flexibility index (Phi) is 3.56. The molecule has 0 unspecified atom stereocenters. The Morgan fingerprint density at radius 3 is 2.38 bits per heavy atom. The van der Waals surface area contributed by atoms with Gasteiger partial charge in [-0.15, -0.1) is 0 Å².